The number of hydrogen-bond acceptors (Lipinski definition) is 7. The van der Waals surface area contributed by atoms with E-state index in [0.29, 0.717) is 22.8 Å². The lowest BCUT2D eigenvalue weighted by Gasteiger charge is -2.05. The van der Waals surface area contributed by atoms with E-state index in [1.807, 2.05) is 0 Å². The molecule has 2 heterocycles. The van der Waals surface area contributed by atoms with E-state index in [0.717, 1.165) is 0 Å². The van der Waals surface area contributed by atoms with Gasteiger partial charge in [0.15, 0.2) is 0 Å². The lowest BCUT2D eigenvalue weighted by Crippen LogP contribution is -2.16. The van der Waals surface area contributed by atoms with E-state index < -0.39 is 5.91 Å². The van der Waals surface area contributed by atoms with Gasteiger partial charge in [-0.2, -0.15) is 5.10 Å². The van der Waals surface area contributed by atoms with Crippen molar-refractivity contribution >= 4 is 11.9 Å². The standard InChI is InChI=1S/C15H15N5O4/c1-20-12(4-5-16-20)13(21)17-15-19-18-14(24-15)9-6-10(22-2)8-11(7-9)23-3/h4-8H,1-3H3,(H,17,19,21). The zero-order chi connectivity index (χ0) is 17.1. The first kappa shape index (κ1) is 15.5. The van der Waals surface area contributed by atoms with Gasteiger partial charge in [0.2, 0.25) is 5.89 Å². The maximum Gasteiger partial charge on any atom is 0.322 e. The minimum absolute atomic E-state index is 0.0158. The lowest BCUT2D eigenvalue weighted by molar-refractivity contribution is 0.101. The summed E-state index contributed by atoms with van der Waals surface area (Å²) >= 11 is 0. The van der Waals surface area contributed by atoms with Gasteiger partial charge in [-0.25, -0.2) is 0 Å². The summed E-state index contributed by atoms with van der Waals surface area (Å²) in [5.41, 5.74) is 0.984. The summed E-state index contributed by atoms with van der Waals surface area (Å²) in [6.45, 7) is 0. The Labute approximate surface area is 137 Å². The summed E-state index contributed by atoms with van der Waals surface area (Å²) < 4.78 is 17.3. The van der Waals surface area contributed by atoms with E-state index >= 15 is 0 Å². The van der Waals surface area contributed by atoms with Crippen molar-refractivity contribution < 1.29 is 18.7 Å². The highest BCUT2D eigenvalue weighted by molar-refractivity contribution is 6.01. The predicted molar refractivity (Wildman–Crippen MR) is 84.0 cm³/mol. The van der Waals surface area contributed by atoms with Crippen molar-refractivity contribution in [3.63, 3.8) is 0 Å². The van der Waals surface area contributed by atoms with Crippen LogP contribution in [0.3, 0.4) is 0 Å². The van der Waals surface area contributed by atoms with E-state index in [-0.39, 0.29) is 11.9 Å². The number of amides is 1. The molecule has 2 aromatic heterocycles. The number of aryl methyl sites for hydroxylation is 1. The fourth-order valence-corrected chi connectivity index (χ4v) is 2.08. The molecule has 3 aromatic rings. The highest BCUT2D eigenvalue weighted by Crippen LogP contribution is 2.29. The minimum atomic E-state index is -0.395. The molecule has 0 aliphatic heterocycles. The zero-order valence-corrected chi connectivity index (χ0v) is 13.3. The van der Waals surface area contributed by atoms with Crippen LogP contribution < -0.4 is 14.8 Å². The normalized spacial score (nSPS) is 10.5. The molecule has 0 saturated carbocycles. The van der Waals surface area contributed by atoms with Crippen LogP contribution >= 0.6 is 0 Å². The predicted octanol–water partition coefficient (Wildman–Crippen LogP) is 1.74. The maximum absolute atomic E-state index is 12.1. The topological polar surface area (TPSA) is 104 Å². The fraction of sp³-hybridized carbons (Fsp3) is 0.200. The van der Waals surface area contributed by atoms with Gasteiger partial charge in [-0.15, -0.1) is 5.10 Å². The number of nitrogens with zero attached hydrogens (tertiary/aromatic N) is 4. The number of aromatic nitrogens is 4. The Kier molecular flexibility index (Phi) is 4.15. The van der Waals surface area contributed by atoms with Crippen molar-refractivity contribution in [1.29, 1.82) is 0 Å². The van der Waals surface area contributed by atoms with Crippen LogP contribution in [-0.2, 0) is 7.05 Å². The molecule has 124 valence electrons. The Bertz CT molecular complexity index is 848. The number of nitrogens with one attached hydrogen (secondary N) is 1. The van der Waals surface area contributed by atoms with Crippen LogP contribution in [0.4, 0.5) is 6.01 Å². The smallest absolute Gasteiger partial charge is 0.322 e. The number of methoxy groups -OCH3 is 2. The van der Waals surface area contributed by atoms with Crippen molar-refractivity contribution in [2.24, 2.45) is 7.05 Å². The van der Waals surface area contributed by atoms with Crippen molar-refractivity contribution in [3.8, 4) is 23.0 Å². The van der Waals surface area contributed by atoms with Crippen LogP contribution in [-0.4, -0.2) is 40.1 Å². The molecule has 0 spiro atoms. The number of hydrogen-bond donors (Lipinski definition) is 1. The molecular weight excluding hydrogens is 314 g/mol. The first-order chi connectivity index (χ1) is 11.6. The average Bonchev–Trinajstić information content (AvgIpc) is 3.23. The second-order valence-corrected chi connectivity index (χ2v) is 4.81. The van der Waals surface area contributed by atoms with Crippen molar-refractivity contribution in [2.75, 3.05) is 19.5 Å². The van der Waals surface area contributed by atoms with Crippen molar-refractivity contribution in [1.82, 2.24) is 20.0 Å². The Morgan fingerprint density at radius 2 is 1.88 bits per heavy atom. The molecule has 9 heteroatoms. The molecule has 9 nitrogen and oxygen atoms in total. The summed E-state index contributed by atoms with van der Waals surface area (Å²) in [4.78, 5) is 12.1. The summed E-state index contributed by atoms with van der Waals surface area (Å²) in [5.74, 6) is 1.01. The lowest BCUT2D eigenvalue weighted by atomic mass is 10.2. The summed E-state index contributed by atoms with van der Waals surface area (Å²) in [6.07, 6.45) is 1.52. The largest absolute Gasteiger partial charge is 0.497 e. The van der Waals surface area contributed by atoms with Gasteiger partial charge >= 0.3 is 6.01 Å². The van der Waals surface area contributed by atoms with Gasteiger partial charge in [0.1, 0.15) is 17.2 Å². The highest BCUT2D eigenvalue weighted by atomic mass is 16.5. The quantitative estimate of drug-likeness (QED) is 0.760. The van der Waals surface area contributed by atoms with Gasteiger partial charge in [-0.05, 0) is 18.2 Å². The number of carbonyl (C=O) groups is 1. The van der Waals surface area contributed by atoms with Crippen molar-refractivity contribution in [3.05, 3.63) is 36.2 Å². The van der Waals surface area contributed by atoms with Gasteiger partial charge < -0.3 is 13.9 Å². The van der Waals surface area contributed by atoms with Crippen LogP contribution in [0.1, 0.15) is 10.5 Å². The Hall–Kier alpha value is -3.36. The van der Waals surface area contributed by atoms with Gasteiger partial charge in [0, 0.05) is 24.9 Å². The number of benzene rings is 1. The van der Waals surface area contributed by atoms with E-state index in [4.69, 9.17) is 13.9 Å². The monoisotopic (exact) mass is 329 g/mol. The number of carbonyl (C=O) groups excluding carboxylic acids is 1. The average molecular weight is 329 g/mol. The number of ether oxygens (including phenoxy) is 2. The summed E-state index contributed by atoms with van der Waals surface area (Å²) in [5, 5.41) is 14.2. The first-order valence-corrected chi connectivity index (χ1v) is 6.97. The molecule has 0 aliphatic rings. The number of rotatable bonds is 5. The summed E-state index contributed by atoms with van der Waals surface area (Å²) in [6, 6.07) is 6.74. The third kappa shape index (κ3) is 3.05. The van der Waals surface area contributed by atoms with Crippen molar-refractivity contribution in [2.45, 2.75) is 0 Å². The molecule has 0 fully saturated rings. The third-order valence-electron chi connectivity index (χ3n) is 3.30. The van der Waals surface area contributed by atoms with Gasteiger partial charge in [0.25, 0.3) is 5.91 Å². The van der Waals surface area contributed by atoms with Crippen LogP contribution in [0.5, 0.6) is 11.5 Å². The Morgan fingerprint density at radius 1 is 1.17 bits per heavy atom. The molecule has 1 amide bonds. The third-order valence-corrected chi connectivity index (χ3v) is 3.30. The molecule has 24 heavy (non-hydrogen) atoms. The molecule has 1 aromatic carbocycles. The molecule has 0 atom stereocenters. The van der Waals surface area contributed by atoms with Gasteiger partial charge in [0.05, 0.1) is 14.2 Å². The second-order valence-electron chi connectivity index (χ2n) is 4.81. The zero-order valence-electron chi connectivity index (χ0n) is 13.3. The minimum Gasteiger partial charge on any atom is -0.497 e. The maximum atomic E-state index is 12.1. The molecule has 3 rings (SSSR count). The molecular formula is C15H15N5O4. The molecule has 0 aliphatic carbocycles. The molecule has 0 saturated heterocycles. The highest BCUT2D eigenvalue weighted by Gasteiger charge is 2.16. The number of anilines is 1. The van der Waals surface area contributed by atoms with E-state index in [9.17, 15) is 4.79 Å². The van der Waals surface area contributed by atoms with Gasteiger partial charge in [-0.1, -0.05) is 5.10 Å². The van der Waals surface area contributed by atoms with Crippen LogP contribution in [0, 0.1) is 0 Å². The Morgan fingerprint density at radius 3 is 2.46 bits per heavy atom. The van der Waals surface area contributed by atoms with E-state index in [2.05, 4.69) is 20.6 Å². The van der Waals surface area contributed by atoms with Gasteiger partial charge in [-0.3, -0.25) is 14.8 Å². The fourth-order valence-electron chi connectivity index (χ4n) is 2.08. The molecule has 0 bridgehead atoms. The van der Waals surface area contributed by atoms with E-state index in [1.165, 1.54) is 10.9 Å². The first-order valence-electron chi connectivity index (χ1n) is 6.97. The SMILES string of the molecule is COc1cc(OC)cc(-c2nnc(NC(=O)c3ccnn3C)o2)c1. The van der Waals surface area contributed by atoms with Crippen LogP contribution in [0.15, 0.2) is 34.9 Å². The summed E-state index contributed by atoms with van der Waals surface area (Å²) in [7, 11) is 4.76. The second kappa shape index (κ2) is 6.41. The molecule has 1 N–H and O–H groups in total. The van der Waals surface area contributed by atoms with Crippen LogP contribution in [0.2, 0.25) is 0 Å². The van der Waals surface area contributed by atoms with E-state index in [1.54, 1.807) is 45.5 Å². The molecule has 0 radical (unpaired) electrons. The van der Waals surface area contributed by atoms with Crippen LogP contribution in [0.25, 0.3) is 11.5 Å². The molecule has 0 unspecified atom stereocenters. The Balaban J connectivity index is 1.83.